The molecular weight excluding hydrogens is 494 g/mol. The van der Waals surface area contributed by atoms with Gasteiger partial charge >= 0.3 is 6.03 Å². The van der Waals surface area contributed by atoms with Gasteiger partial charge in [-0.3, -0.25) is 9.78 Å². The van der Waals surface area contributed by atoms with Crippen molar-refractivity contribution in [3.05, 3.63) is 70.3 Å². The lowest BCUT2D eigenvalue weighted by Gasteiger charge is -2.31. The van der Waals surface area contributed by atoms with Gasteiger partial charge in [-0.2, -0.15) is 0 Å². The van der Waals surface area contributed by atoms with Crippen LogP contribution in [-0.2, 0) is 11.3 Å². The van der Waals surface area contributed by atoms with Crippen LogP contribution >= 0.6 is 15.9 Å². The number of nitrogens with one attached hydrogen (secondary N) is 3. The first-order chi connectivity index (χ1) is 16.5. The summed E-state index contributed by atoms with van der Waals surface area (Å²) >= 11 is 3.42. The van der Waals surface area contributed by atoms with Crippen molar-refractivity contribution in [2.45, 2.75) is 26.3 Å². The van der Waals surface area contributed by atoms with Gasteiger partial charge in [0.25, 0.3) is 0 Å². The summed E-state index contributed by atoms with van der Waals surface area (Å²) in [5, 5.41) is 9.87. The van der Waals surface area contributed by atoms with E-state index in [0.29, 0.717) is 13.1 Å². The molecule has 0 saturated carbocycles. The number of para-hydroxylation sites is 1. The zero-order chi connectivity index (χ0) is 23.9. The van der Waals surface area contributed by atoms with Crippen LogP contribution in [0.15, 0.2) is 59.1 Å². The molecule has 34 heavy (non-hydrogen) atoms. The number of carbonyl (C=O) groups is 2. The zero-order valence-corrected chi connectivity index (χ0v) is 20.9. The fraction of sp³-hybridized carbons (Fsp3) is 0.346. The van der Waals surface area contributed by atoms with E-state index >= 15 is 0 Å². The molecule has 1 saturated heterocycles. The van der Waals surface area contributed by atoms with Crippen molar-refractivity contribution in [2.75, 3.05) is 31.5 Å². The number of likely N-dealkylation sites (tertiary alicyclic amines) is 1. The highest BCUT2D eigenvalue weighted by Gasteiger charge is 2.24. The van der Waals surface area contributed by atoms with Crippen molar-refractivity contribution in [3.63, 3.8) is 0 Å². The maximum Gasteiger partial charge on any atom is 0.319 e. The molecule has 3 aromatic rings. The second-order valence-corrected chi connectivity index (χ2v) is 9.59. The average molecular weight is 524 g/mol. The Morgan fingerprint density at radius 2 is 1.79 bits per heavy atom. The first-order valence-electron chi connectivity index (χ1n) is 11.6. The van der Waals surface area contributed by atoms with Gasteiger partial charge in [0.15, 0.2) is 0 Å². The molecule has 4 rings (SSSR count). The molecule has 3 N–H and O–H groups in total. The van der Waals surface area contributed by atoms with E-state index in [2.05, 4.69) is 41.8 Å². The fourth-order valence-electron chi connectivity index (χ4n) is 4.26. The molecule has 0 unspecified atom stereocenters. The minimum Gasteiger partial charge on any atom is -0.352 e. The van der Waals surface area contributed by atoms with Gasteiger partial charge < -0.3 is 20.9 Å². The van der Waals surface area contributed by atoms with Crippen LogP contribution in [0.1, 0.15) is 24.1 Å². The Hall–Kier alpha value is -2.97. The lowest BCUT2D eigenvalue weighted by molar-refractivity contribution is -0.126. The number of aromatic nitrogens is 1. The number of anilines is 1. The third-order valence-electron chi connectivity index (χ3n) is 6.14. The minimum absolute atomic E-state index is 0.0474. The molecule has 0 aliphatic carbocycles. The summed E-state index contributed by atoms with van der Waals surface area (Å²) in [4.78, 5) is 31.8. The molecule has 1 fully saturated rings. The Morgan fingerprint density at radius 3 is 2.56 bits per heavy atom. The molecule has 2 heterocycles. The summed E-state index contributed by atoms with van der Waals surface area (Å²) in [6, 6.07) is 17.4. The molecule has 2 aromatic carbocycles. The monoisotopic (exact) mass is 523 g/mol. The third-order valence-corrected chi connectivity index (χ3v) is 6.67. The maximum atomic E-state index is 12.5. The van der Waals surface area contributed by atoms with Crippen LogP contribution in [-0.4, -0.2) is 48.0 Å². The molecular formula is C26H30BrN5O2. The number of carbonyl (C=O) groups excluding carboxylic acids is 2. The van der Waals surface area contributed by atoms with Crippen molar-refractivity contribution >= 4 is 44.5 Å². The minimum atomic E-state index is -0.224. The van der Waals surface area contributed by atoms with E-state index in [1.165, 1.54) is 0 Å². The average Bonchev–Trinajstić information content (AvgIpc) is 2.84. The van der Waals surface area contributed by atoms with Gasteiger partial charge in [0.05, 0.1) is 11.2 Å². The van der Waals surface area contributed by atoms with Gasteiger partial charge in [0, 0.05) is 41.1 Å². The van der Waals surface area contributed by atoms with Crippen LogP contribution in [0.25, 0.3) is 10.9 Å². The van der Waals surface area contributed by atoms with E-state index in [0.717, 1.165) is 64.8 Å². The highest BCUT2D eigenvalue weighted by Crippen LogP contribution is 2.23. The molecule has 0 radical (unpaired) electrons. The Labute approximate surface area is 208 Å². The van der Waals surface area contributed by atoms with Crippen molar-refractivity contribution in [1.29, 1.82) is 0 Å². The Morgan fingerprint density at radius 1 is 1.06 bits per heavy atom. The summed E-state index contributed by atoms with van der Waals surface area (Å²) in [5.41, 5.74) is 3.57. The van der Waals surface area contributed by atoms with Gasteiger partial charge in [-0.15, -0.1) is 0 Å². The summed E-state index contributed by atoms with van der Waals surface area (Å²) in [6.45, 7) is 5.49. The number of urea groups is 1. The quantitative estimate of drug-likeness (QED) is 0.426. The number of nitrogens with zero attached hydrogens (tertiary/aromatic N) is 2. The van der Waals surface area contributed by atoms with Crippen LogP contribution in [0.5, 0.6) is 0 Å². The smallest absolute Gasteiger partial charge is 0.319 e. The van der Waals surface area contributed by atoms with Crippen molar-refractivity contribution < 1.29 is 9.59 Å². The Kier molecular flexibility index (Phi) is 8.13. The summed E-state index contributed by atoms with van der Waals surface area (Å²) in [5.74, 6) is 0.172. The van der Waals surface area contributed by atoms with Gasteiger partial charge in [-0.05, 0) is 62.7 Å². The van der Waals surface area contributed by atoms with Gasteiger partial charge in [-0.25, -0.2) is 4.79 Å². The number of hydrogen-bond acceptors (Lipinski definition) is 4. The molecule has 0 atom stereocenters. The number of pyridine rings is 1. The Balaban J connectivity index is 1.16. The predicted molar refractivity (Wildman–Crippen MR) is 139 cm³/mol. The number of piperidine rings is 1. The summed E-state index contributed by atoms with van der Waals surface area (Å²) in [7, 11) is 0. The standard InChI is InChI=1S/C26H30BrN5O2/c1-18-16-24(22-4-2-3-5-23(22)30-18)31-26(34)28-12-15-32-13-10-20(11-14-32)25(33)29-17-19-6-8-21(27)9-7-19/h2-9,16,20H,10-15,17H2,1H3,(H,29,33)(H2,28,30,31,34). The van der Waals surface area contributed by atoms with E-state index in [1.54, 1.807) is 0 Å². The van der Waals surface area contributed by atoms with Crippen molar-refractivity contribution in [2.24, 2.45) is 5.92 Å². The van der Waals surface area contributed by atoms with Crippen LogP contribution < -0.4 is 16.0 Å². The highest BCUT2D eigenvalue weighted by atomic mass is 79.9. The normalized spacial score (nSPS) is 14.6. The van der Waals surface area contributed by atoms with E-state index in [9.17, 15) is 9.59 Å². The SMILES string of the molecule is Cc1cc(NC(=O)NCCN2CCC(C(=O)NCc3ccc(Br)cc3)CC2)c2ccccc2n1. The zero-order valence-electron chi connectivity index (χ0n) is 19.3. The number of amides is 3. The predicted octanol–water partition coefficient (Wildman–Crippen LogP) is 4.46. The number of halogens is 1. The molecule has 3 amide bonds. The maximum absolute atomic E-state index is 12.5. The van der Waals surface area contributed by atoms with Crippen molar-refractivity contribution in [1.82, 2.24) is 20.5 Å². The van der Waals surface area contributed by atoms with Gasteiger partial charge in [-0.1, -0.05) is 46.3 Å². The topological polar surface area (TPSA) is 86.4 Å². The van der Waals surface area contributed by atoms with E-state index < -0.39 is 0 Å². The number of hydrogen-bond donors (Lipinski definition) is 3. The Bertz CT molecular complexity index is 1140. The second-order valence-electron chi connectivity index (χ2n) is 8.67. The van der Waals surface area contributed by atoms with E-state index in [-0.39, 0.29) is 17.9 Å². The molecule has 8 heteroatoms. The molecule has 1 aromatic heterocycles. The van der Waals surface area contributed by atoms with Crippen LogP contribution in [0.3, 0.4) is 0 Å². The first-order valence-corrected chi connectivity index (χ1v) is 12.4. The molecule has 178 valence electrons. The molecule has 0 bridgehead atoms. The highest BCUT2D eigenvalue weighted by molar-refractivity contribution is 9.10. The van der Waals surface area contributed by atoms with Crippen LogP contribution in [0, 0.1) is 12.8 Å². The van der Waals surface area contributed by atoms with Crippen molar-refractivity contribution in [3.8, 4) is 0 Å². The third kappa shape index (κ3) is 6.55. The molecule has 7 nitrogen and oxygen atoms in total. The lowest BCUT2D eigenvalue weighted by Crippen LogP contribution is -2.43. The van der Waals surface area contributed by atoms with Crippen LogP contribution in [0.2, 0.25) is 0 Å². The number of benzene rings is 2. The van der Waals surface area contributed by atoms with Gasteiger partial charge in [0.2, 0.25) is 5.91 Å². The molecule has 1 aliphatic heterocycles. The number of fused-ring (bicyclic) bond motifs is 1. The largest absolute Gasteiger partial charge is 0.352 e. The van der Waals surface area contributed by atoms with E-state index in [1.807, 2.05) is 61.5 Å². The number of rotatable bonds is 7. The fourth-order valence-corrected chi connectivity index (χ4v) is 4.52. The number of aryl methyl sites for hydroxylation is 1. The lowest BCUT2D eigenvalue weighted by atomic mass is 9.96. The molecule has 0 spiro atoms. The first kappa shape index (κ1) is 24.2. The van der Waals surface area contributed by atoms with Gasteiger partial charge in [0.1, 0.15) is 0 Å². The summed E-state index contributed by atoms with van der Waals surface area (Å²) < 4.78 is 1.03. The second kappa shape index (κ2) is 11.4. The summed E-state index contributed by atoms with van der Waals surface area (Å²) in [6.07, 6.45) is 1.67. The van der Waals surface area contributed by atoms with Crippen LogP contribution in [0.4, 0.5) is 10.5 Å². The van der Waals surface area contributed by atoms with E-state index in [4.69, 9.17) is 0 Å². The molecule has 1 aliphatic rings.